The van der Waals surface area contributed by atoms with Gasteiger partial charge in [0.2, 0.25) is 0 Å². The normalized spacial score (nSPS) is 14.4. The van der Waals surface area contributed by atoms with Crippen LogP contribution in [0.25, 0.3) is 0 Å². The number of carbonyl (C=O) groups is 1. The molecule has 0 saturated carbocycles. The third kappa shape index (κ3) is 2.86. The van der Waals surface area contributed by atoms with Gasteiger partial charge in [-0.2, -0.15) is 0 Å². The molecule has 0 amide bonds. The van der Waals surface area contributed by atoms with E-state index in [9.17, 15) is 9.90 Å². The molecule has 0 saturated heterocycles. The van der Waals surface area contributed by atoms with Crippen molar-refractivity contribution in [2.24, 2.45) is 0 Å². The molecule has 0 aromatic heterocycles. The standard InChI is InChI=1S/C14H20O3/c1-10-5-6-11(2)12(9-10)14(3,13(15)16)7-8-17-4/h5-6,9H,7-8H2,1-4H3,(H,15,16). The lowest BCUT2D eigenvalue weighted by molar-refractivity contribution is -0.144. The van der Waals surface area contributed by atoms with Gasteiger partial charge >= 0.3 is 5.97 Å². The number of hydrogen-bond donors (Lipinski definition) is 1. The third-order valence-corrected chi connectivity index (χ3v) is 3.27. The van der Waals surface area contributed by atoms with Crippen LogP contribution in [0.5, 0.6) is 0 Å². The Bertz CT molecular complexity index is 412. The average molecular weight is 236 g/mol. The largest absolute Gasteiger partial charge is 0.481 e. The van der Waals surface area contributed by atoms with Crippen LogP contribution >= 0.6 is 0 Å². The molecule has 3 heteroatoms. The number of rotatable bonds is 5. The molecule has 1 unspecified atom stereocenters. The highest BCUT2D eigenvalue weighted by Gasteiger charge is 2.36. The van der Waals surface area contributed by atoms with Crippen LogP contribution in [0.3, 0.4) is 0 Å². The van der Waals surface area contributed by atoms with Gasteiger partial charge in [-0.05, 0) is 38.3 Å². The van der Waals surface area contributed by atoms with Gasteiger partial charge in [-0.1, -0.05) is 23.8 Å². The molecule has 1 rings (SSSR count). The summed E-state index contributed by atoms with van der Waals surface area (Å²) in [5, 5.41) is 9.47. The average Bonchev–Trinajstić information content (AvgIpc) is 2.29. The summed E-state index contributed by atoms with van der Waals surface area (Å²) >= 11 is 0. The second kappa shape index (κ2) is 5.32. The van der Waals surface area contributed by atoms with Gasteiger partial charge in [-0.25, -0.2) is 0 Å². The van der Waals surface area contributed by atoms with Crippen molar-refractivity contribution in [1.82, 2.24) is 0 Å². The first kappa shape index (κ1) is 13.7. The Hall–Kier alpha value is -1.35. The van der Waals surface area contributed by atoms with Crippen molar-refractivity contribution in [3.63, 3.8) is 0 Å². The molecule has 1 N–H and O–H groups in total. The zero-order chi connectivity index (χ0) is 13.1. The molecule has 17 heavy (non-hydrogen) atoms. The molecular formula is C14H20O3. The summed E-state index contributed by atoms with van der Waals surface area (Å²) in [5.41, 5.74) is 2.08. The number of ether oxygens (including phenoxy) is 1. The lowest BCUT2D eigenvalue weighted by Gasteiger charge is -2.27. The summed E-state index contributed by atoms with van der Waals surface area (Å²) in [6.07, 6.45) is 0.475. The van der Waals surface area contributed by atoms with Crippen LogP contribution in [0.2, 0.25) is 0 Å². The molecule has 0 radical (unpaired) electrons. The summed E-state index contributed by atoms with van der Waals surface area (Å²) < 4.78 is 5.02. The number of carboxylic acid groups (broad SMARTS) is 1. The monoisotopic (exact) mass is 236 g/mol. The van der Waals surface area contributed by atoms with Crippen molar-refractivity contribution in [1.29, 1.82) is 0 Å². The van der Waals surface area contributed by atoms with E-state index < -0.39 is 11.4 Å². The van der Waals surface area contributed by atoms with Crippen LogP contribution < -0.4 is 0 Å². The summed E-state index contributed by atoms with van der Waals surface area (Å²) in [5.74, 6) is -0.803. The number of aryl methyl sites for hydroxylation is 2. The number of aliphatic carboxylic acids is 1. The van der Waals surface area contributed by atoms with E-state index in [4.69, 9.17) is 4.74 Å². The maximum atomic E-state index is 11.5. The van der Waals surface area contributed by atoms with E-state index in [1.54, 1.807) is 14.0 Å². The van der Waals surface area contributed by atoms with Crippen molar-refractivity contribution in [3.05, 3.63) is 34.9 Å². The van der Waals surface area contributed by atoms with Crippen LogP contribution in [-0.2, 0) is 14.9 Å². The predicted octanol–water partition coefficient (Wildman–Crippen LogP) is 2.68. The molecule has 3 nitrogen and oxygen atoms in total. The smallest absolute Gasteiger partial charge is 0.313 e. The van der Waals surface area contributed by atoms with Crippen molar-refractivity contribution < 1.29 is 14.6 Å². The molecule has 1 aromatic rings. The van der Waals surface area contributed by atoms with Crippen LogP contribution in [0.15, 0.2) is 18.2 Å². The molecule has 0 bridgehead atoms. The zero-order valence-electron chi connectivity index (χ0n) is 10.9. The number of benzene rings is 1. The maximum absolute atomic E-state index is 11.5. The minimum absolute atomic E-state index is 0.441. The minimum Gasteiger partial charge on any atom is -0.481 e. The molecule has 0 aliphatic rings. The lowest BCUT2D eigenvalue weighted by Crippen LogP contribution is -2.34. The van der Waals surface area contributed by atoms with Gasteiger partial charge in [0, 0.05) is 13.7 Å². The highest BCUT2D eigenvalue weighted by Crippen LogP contribution is 2.31. The molecule has 94 valence electrons. The Morgan fingerprint density at radius 1 is 1.41 bits per heavy atom. The van der Waals surface area contributed by atoms with Crippen molar-refractivity contribution >= 4 is 5.97 Å². The van der Waals surface area contributed by atoms with Crippen LogP contribution in [0.1, 0.15) is 30.0 Å². The fraction of sp³-hybridized carbons (Fsp3) is 0.500. The van der Waals surface area contributed by atoms with Crippen molar-refractivity contribution in [3.8, 4) is 0 Å². The Morgan fingerprint density at radius 2 is 2.06 bits per heavy atom. The van der Waals surface area contributed by atoms with E-state index >= 15 is 0 Å². The first-order chi connectivity index (χ1) is 7.91. The fourth-order valence-corrected chi connectivity index (χ4v) is 1.99. The Kier molecular flexibility index (Phi) is 4.29. The van der Waals surface area contributed by atoms with Gasteiger partial charge in [0.1, 0.15) is 0 Å². The van der Waals surface area contributed by atoms with Crippen LogP contribution in [0.4, 0.5) is 0 Å². The van der Waals surface area contributed by atoms with E-state index in [-0.39, 0.29) is 0 Å². The zero-order valence-corrected chi connectivity index (χ0v) is 10.9. The highest BCUT2D eigenvalue weighted by molar-refractivity contribution is 5.81. The number of methoxy groups -OCH3 is 1. The molecular weight excluding hydrogens is 216 g/mol. The molecule has 0 fully saturated rings. The molecule has 0 spiro atoms. The summed E-state index contributed by atoms with van der Waals surface area (Å²) in [6.45, 7) is 6.12. The topological polar surface area (TPSA) is 46.5 Å². The highest BCUT2D eigenvalue weighted by atomic mass is 16.5. The Morgan fingerprint density at radius 3 is 2.59 bits per heavy atom. The number of carboxylic acids is 1. The van der Waals surface area contributed by atoms with E-state index in [2.05, 4.69) is 0 Å². The van der Waals surface area contributed by atoms with Gasteiger partial charge in [-0.3, -0.25) is 4.79 Å². The van der Waals surface area contributed by atoms with Gasteiger partial charge in [0.25, 0.3) is 0 Å². The lowest BCUT2D eigenvalue weighted by atomic mass is 9.77. The van der Waals surface area contributed by atoms with Gasteiger partial charge < -0.3 is 9.84 Å². The Labute approximate surface area is 102 Å². The molecule has 1 atom stereocenters. The first-order valence-corrected chi connectivity index (χ1v) is 5.72. The van der Waals surface area contributed by atoms with E-state index in [0.717, 1.165) is 16.7 Å². The first-order valence-electron chi connectivity index (χ1n) is 5.72. The second-order valence-electron chi connectivity index (χ2n) is 4.70. The third-order valence-electron chi connectivity index (χ3n) is 3.27. The van der Waals surface area contributed by atoms with Gasteiger partial charge in [0.05, 0.1) is 5.41 Å². The molecule has 0 aliphatic carbocycles. The second-order valence-corrected chi connectivity index (χ2v) is 4.70. The summed E-state index contributed by atoms with van der Waals surface area (Å²) in [6, 6.07) is 5.93. The van der Waals surface area contributed by atoms with Crippen LogP contribution in [-0.4, -0.2) is 24.8 Å². The van der Waals surface area contributed by atoms with E-state index in [1.165, 1.54) is 0 Å². The van der Waals surface area contributed by atoms with Gasteiger partial charge in [0.15, 0.2) is 0 Å². The quantitative estimate of drug-likeness (QED) is 0.855. The summed E-state index contributed by atoms with van der Waals surface area (Å²) in [7, 11) is 1.59. The van der Waals surface area contributed by atoms with E-state index in [0.29, 0.717) is 13.0 Å². The molecule has 1 aromatic carbocycles. The maximum Gasteiger partial charge on any atom is 0.313 e. The van der Waals surface area contributed by atoms with Crippen LogP contribution in [0, 0.1) is 13.8 Å². The Balaban J connectivity index is 3.21. The summed E-state index contributed by atoms with van der Waals surface area (Å²) in [4.78, 5) is 11.5. The van der Waals surface area contributed by atoms with E-state index in [1.807, 2.05) is 32.0 Å². The molecule has 0 heterocycles. The fourth-order valence-electron chi connectivity index (χ4n) is 1.99. The number of hydrogen-bond acceptors (Lipinski definition) is 2. The minimum atomic E-state index is -0.883. The SMILES string of the molecule is COCCC(C)(C(=O)O)c1cc(C)ccc1C. The molecule has 0 aliphatic heterocycles. The van der Waals surface area contributed by atoms with Crippen molar-refractivity contribution in [2.75, 3.05) is 13.7 Å². The van der Waals surface area contributed by atoms with Gasteiger partial charge in [-0.15, -0.1) is 0 Å². The van der Waals surface area contributed by atoms with Crippen molar-refractivity contribution in [2.45, 2.75) is 32.6 Å². The predicted molar refractivity (Wildman–Crippen MR) is 67.4 cm³/mol.